The molecular formula is C22H14F2N2O6S2. The number of rotatable bonds is 5. The predicted octanol–water partition coefficient (Wildman–Crippen LogP) is 4.64. The minimum absolute atomic E-state index is 0.113. The Bertz CT molecular complexity index is 1470. The van der Waals surface area contributed by atoms with Crippen LogP contribution in [0.4, 0.5) is 20.2 Å². The third-order valence-electron chi connectivity index (χ3n) is 4.89. The number of nitrogens with one attached hydrogen (secondary N) is 1. The van der Waals surface area contributed by atoms with E-state index in [1.165, 1.54) is 30.3 Å². The fraction of sp³-hybridized carbons (Fsp3) is 0.0455. The SMILES string of the molecule is O=C1Nc2ccc(S(=O)(=O)Cc3c(F)cccc3F)cc2S/C1=C\c1ccc(O)c([N+](=O)[O-])c1. The second kappa shape index (κ2) is 8.88. The number of thioether (sulfide) groups is 1. The Morgan fingerprint density at radius 3 is 2.47 bits per heavy atom. The number of hydrogen-bond donors (Lipinski definition) is 2. The summed E-state index contributed by atoms with van der Waals surface area (Å²) in [6, 6.07) is 10.5. The van der Waals surface area contributed by atoms with E-state index >= 15 is 0 Å². The number of anilines is 1. The number of nitro benzene ring substituents is 1. The number of carbonyl (C=O) groups excluding carboxylic acids is 1. The molecule has 3 aromatic rings. The summed E-state index contributed by atoms with van der Waals surface area (Å²) in [7, 11) is -4.13. The number of nitro groups is 1. The summed E-state index contributed by atoms with van der Waals surface area (Å²) in [4.78, 5) is 23.0. The van der Waals surface area contributed by atoms with Crippen molar-refractivity contribution >= 4 is 45.0 Å². The van der Waals surface area contributed by atoms with Crippen LogP contribution < -0.4 is 5.32 Å². The van der Waals surface area contributed by atoms with Gasteiger partial charge in [-0.1, -0.05) is 23.9 Å². The molecule has 12 heteroatoms. The van der Waals surface area contributed by atoms with Gasteiger partial charge in [-0.3, -0.25) is 14.9 Å². The molecule has 3 aromatic carbocycles. The van der Waals surface area contributed by atoms with Gasteiger partial charge in [-0.15, -0.1) is 0 Å². The third kappa shape index (κ3) is 4.63. The van der Waals surface area contributed by atoms with Crippen LogP contribution in [0.1, 0.15) is 11.1 Å². The fourth-order valence-corrected chi connectivity index (χ4v) is 5.66. The summed E-state index contributed by atoms with van der Waals surface area (Å²) in [6.07, 6.45) is 1.35. The van der Waals surface area contributed by atoms with Crippen molar-refractivity contribution in [2.24, 2.45) is 0 Å². The lowest BCUT2D eigenvalue weighted by molar-refractivity contribution is -0.385. The van der Waals surface area contributed by atoms with Gasteiger partial charge in [-0.2, -0.15) is 0 Å². The standard InChI is InChI=1S/C22H14F2N2O6S2/c23-15-2-1-3-16(24)14(15)11-34(31,32)13-5-6-17-20(10-13)33-21(22(28)25-17)9-12-4-7-19(27)18(8-12)26(29)30/h1-10,27H,11H2,(H,25,28)/b21-9-. The van der Waals surface area contributed by atoms with Gasteiger partial charge < -0.3 is 10.4 Å². The molecule has 1 heterocycles. The van der Waals surface area contributed by atoms with Gasteiger partial charge in [-0.05, 0) is 48.0 Å². The summed E-state index contributed by atoms with van der Waals surface area (Å²) in [5.74, 6) is -3.88. The molecule has 2 N–H and O–H groups in total. The van der Waals surface area contributed by atoms with Crippen LogP contribution in [0, 0.1) is 21.7 Å². The summed E-state index contributed by atoms with van der Waals surface area (Å²) in [5.41, 5.74) is -0.510. The minimum Gasteiger partial charge on any atom is -0.502 e. The summed E-state index contributed by atoms with van der Waals surface area (Å²) < 4.78 is 53.6. The average Bonchev–Trinajstić information content (AvgIpc) is 2.77. The van der Waals surface area contributed by atoms with Crippen molar-refractivity contribution in [3.8, 4) is 5.75 Å². The van der Waals surface area contributed by atoms with Gasteiger partial charge in [0.15, 0.2) is 15.6 Å². The van der Waals surface area contributed by atoms with E-state index in [2.05, 4.69) is 5.32 Å². The molecule has 4 rings (SSSR count). The van der Waals surface area contributed by atoms with Gasteiger partial charge >= 0.3 is 5.69 Å². The van der Waals surface area contributed by atoms with Crippen LogP contribution in [0.5, 0.6) is 5.75 Å². The number of carbonyl (C=O) groups is 1. The number of phenolic OH excluding ortho intramolecular Hbond substituents is 1. The molecule has 0 bridgehead atoms. The fourth-order valence-electron chi connectivity index (χ4n) is 3.20. The Labute approximate surface area is 196 Å². The number of halogens is 2. The van der Waals surface area contributed by atoms with Gasteiger partial charge in [0.25, 0.3) is 5.91 Å². The van der Waals surface area contributed by atoms with Gasteiger partial charge in [0.05, 0.1) is 26.2 Å². The highest BCUT2D eigenvalue weighted by Crippen LogP contribution is 2.41. The second-order valence-electron chi connectivity index (χ2n) is 7.19. The van der Waals surface area contributed by atoms with Gasteiger partial charge in [0, 0.05) is 16.5 Å². The molecule has 0 saturated carbocycles. The van der Waals surface area contributed by atoms with Gasteiger partial charge in [-0.25, -0.2) is 17.2 Å². The van der Waals surface area contributed by atoms with Crippen LogP contribution in [-0.2, 0) is 20.4 Å². The number of aromatic hydroxyl groups is 1. The first-order valence-corrected chi connectivity index (χ1v) is 12.0. The molecular weight excluding hydrogens is 490 g/mol. The Morgan fingerprint density at radius 2 is 1.79 bits per heavy atom. The summed E-state index contributed by atoms with van der Waals surface area (Å²) >= 11 is 0.925. The molecule has 1 amide bonds. The smallest absolute Gasteiger partial charge is 0.311 e. The van der Waals surface area contributed by atoms with E-state index in [4.69, 9.17) is 0 Å². The summed E-state index contributed by atoms with van der Waals surface area (Å²) in [5, 5.41) is 23.2. The zero-order valence-electron chi connectivity index (χ0n) is 17.0. The van der Waals surface area contributed by atoms with Crippen LogP contribution in [0.25, 0.3) is 6.08 Å². The number of phenols is 1. The molecule has 174 valence electrons. The first-order valence-electron chi connectivity index (χ1n) is 9.53. The summed E-state index contributed by atoms with van der Waals surface area (Å²) in [6.45, 7) is 0. The number of amides is 1. The maximum Gasteiger partial charge on any atom is 0.311 e. The molecule has 0 saturated heterocycles. The van der Waals surface area contributed by atoms with E-state index in [9.17, 15) is 37.2 Å². The Morgan fingerprint density at radius 1 is 1.09 bits per heavy atom. The van der Waals surface area contributed by atoms with E-state index < -0.39 is 55.1 Å². The van der Waals surface area contributed by atoms with Crippen molar-refractivity contribution in [1.82, 2.24) is 0 Å². The lowest BCUT2D eigenvalue weighted by Gasteiger charge is -2.19. The molecule has 0 fully saturated rings. The maximum absolute atomic E-state index is 14.0. The molecule has 0 radical (unpaired) electrons. The Hall–Kier alpha value is -3.77. The molecule has 0 unspecified atom stereocenters. The quantitative estimate of drug-likeness (QED) is 0.294. The number of nitrogens with zero attached hydrogens (tertiary/aromatic N) is 1. The molecule has 1 aliphatic rings. The van der Waals surface area contributed by atoms with E-state index in [1.807, 2.05) is 0 Å². The van der Waals surface area contributed by atoms with Crippen molar-refractivity contribution < 1.29 is 32.0 Å². The van der Waals surface area contributed by atoms with Crippen molar-refractivity contribution in [3.63, 3.8) is 0 Å². The van der Waals surface area contributed by atoms with Gasteiger partial charge in [0.1, 0.15) is 11.6 Å². The number of hydrogen-bond acceptors (Lipinski definition) is 7. The number of fused-ring (bicyclic) bond motifs is 1. The first-order chi connectivity index (χ1) is 16.0. The van der Waals surface area contributed by atoms with Crippen LogP contribution in [-0.4, -0.2) is 24.4 Å². The van der Waals surface area contributed by atoms with E-state index in [0.717, 1.165) is 42.1 Å². The monoisotopic (exact) mass is 504 g/mol. The third-order valence-corrected chi connectivity index (χ3v) is 7.62. The lowest BCUT2D eigenvalue weighted by Crippen LogP contribution is -2.18. The van der Waals surface area contributed by atoms with Crippen molar-refractivity contribution in [2.75, 3.05) is 5.32 Å². The van der Waals surface area contributed by atoms with Crippen molar-refractivity contribution in [1.29, 1.82) is 0 Å². The average molecular weight is 504 g/mol. The zero-order chi connectivity index (χ0) is 24.6. The molecule has 0 atom stereocenters. The Balaban J connectivity index is 1.67. The van der Waals surface area contributed by atoms with Crippen LogP contribution in [0.3, 0.4) is 0 Å². The van der Waals surface area contributed by atoms with Gasteiger partial charge in [0.2, 0.25) is 0 Å². The number of sulfone groups is 1. The van der Waals surface area contributed by atoms with E-state index in [1.54, 1.807) is 0 Å². The zero-order valence-corrected chi connectivity index (χ0v) is 18.6. The Kier molecular flexibility index (Phi) is 6.11. The maximum atomic E-state index is 14.0. The normalized spacial score (nSPS) is 14.5. The lowest BCUT2D eigenvalue weighted by atomic mass is 10.1. The minimum atomic E-state index is -4.13. The second-order valence-corrected chi connectivity index (χ2v) is 10.3. The van der Waals surface area contributed by atoms with Crippen LogP contribution in [0.2, 0.25) is 0 Å². The molecule has 0 aliphatic carbocycles. The molecule has 0 spiro atoms. The highest BCUT2D eigenvalue weighted by molar-refractivity contribution is 8.04. The molecule has 1 aliphatic heterocycles. The topological polar surface area (TPSA) is 127 Å². The number of benzene rings is 3. The van der Waals surface area contributed by atoms with E-state index in [-0.39, 0.29) is 15.4 Å². The predicted molar refractivity (Wildman–Crippen MR) is 121 cm³/mol. The highest BCUT2D eigenvalue weighted by atomic mass is 32.2. The largest absolute Gasteiger partial charge is 0.502 e. The molecule has 34 heavy (non-hydrogen) atoms. The molecule has 8 nitrogen and oxygen atoms in total. The van der Waals surface area contributed by atoms with Crippen LogP contribution >= 0.6 is 11.8 Å². The van der Waals surface area contributed by atoms with E-state index in [0.29, 0.717) is 10.6 Å². The van der Waals surface area contributed by atoms with Crippen LogP contribution in [0.15, 0.2) is 69.3 Å². The van der Waals surface area contributed by atoms with Crippen molar-refractivity contribution in [2.45, 2.75) is 15.5 Å². The highest BCUT2D eigenvalue weighted by Gasteiger charge is 2.26. The molecule has 0 aromatic heterocycles. The van der Waals surface area contributed by atoms with Crippen molar-refractivity contribution in [3.05, 3.63) is 92.4 Å². The first kappa shape index (κ1) is 23.4.